The van der Waals surface area contributed by atoms with Gasteiger partial charge < -0.3 is 9.30 Å². The second-order valence-electron chi connectivity index (χ2n) is 3.94. The molecule has 0 fully saturated rings. The molecule has 1 heterocycles. The molecule has 0 aromatic carbocycles. The highest BCUT2D eigenvalue weighted by molar-refractivity contribution is 6.40. The molecule has 7 heteroatoms. The lowest BCUT2D eigenvalue weighted by Gasteiger charge is -2.06. The number of rotatable bonds is 7. The van der Waals surface area contributed by atoms with Gasteiger partial charge in [0, 0.05) is 12.6 Å². The fourth-order valence-corrected chi connectivity index (χ4v) is 1.60. The molecule has 7 nitrogen and oxygen atoms in total. The number of ketones is 1. The van der Waals surface area contributed by atoms with E-state index >= 15 is 0 Å². The molecule has 0 radical (unpaired) electrons. The Balaban J connectivity index is 3.05. The summed E-state index contributed by atoms with van der Waals surface area (Å²) in [5, 5.41) is 10.7. The molecule has 0 saturated carbocycles. The van der Waals surface area contributed by atoms with E-state index in [4.69, 9.17) is 0 Å². The molecule has 0 atom stereocenters. The Labute approximate surface area is 110 Å². The predicted molar refractivity (Wildman–Crippen MR) is 67.0 cm³/mol. The van der Waals surface area contributed by atoms with Crippen LogP contribution in [-0.2, 0) is 16.1 Å². The number of esters is 1. The van der Waals surface area contributed by atoms with E-state index in [1.165, 1.54) is 10.8 Å². The Morgan fingerprint density at radius 3 is 2.63 bits per heavy atom. The van der Waals surface area contributed by atoms with Crippen LogP contribution in [0, 0.1) is 10.1 Å². The summed E-state index contributed by atoms with van der Waals surface area (Å²) < 4.78 is 6.05. The molecular weight excluding hydrogens is 252 g/mol. The molecule has 0 spiro atoms. The number of hydrogen-bond acceptors (Lipinski definition) is 5. The van der Waals surface area contributed by atoms with Crippen molar-refractivity contribution in [1.82, 2.24) is 4.57 Å². The minimum Gasteiger partial charge on any atom is -0.460 e. The van der Waals surface area contributed by atoms with Crippen molar-refractivity contribution < 1.29 is 19.2 Å². The summed E-state index contributed by atoms with van der Waals surface area (Å²) in [6.45, 7) is 4.08. The van der Waals surface area contributed by atoms with Gasteiger partial charge in [0.2, 0.25) is 0 Å². The van der Waals surface area contributed by atoms with E-state index in [1.54, 1.807) is 6.92 Å². The molecule has 0 aliphatic rings. The first-order valence-electron chi connectivity index (χ1n) is 6.07. The monoisotopic (exact) mass is 268 g/mol. The van der Waals surface area contributed by atoms with Gasteiger partial charge in [-0.3, -0.25) is 14.9 Å². The molecule has 1 rings (SSSR count). The zero-order chi connectivity index (χ0) is 14.4. The van der Waals surface area contributed by atoms with Crippen LogP contribution in [0.2, 0.25) is 0 Å². The number of Topliss-reactive ketones (excluding diaryl/α,β-unsaturated/α-hetero) is 1. The van der Waals surface area contributed by atoms with Crippen LogP contribution in [0.25, 0.3) is 0 Å². The molecule has 1 aromatic rings. The van der Waals surface area contributed by atoms with Crippen LogP contribution in [0.4, 0.5) is 5.69 Å². The van der Waals surface area contributed by atoms with Crippen molar-refractivity contribution in [2.45, 2.75) is 33.2 Å². The van der Waals surface area contributed by atoms with Crippen LogP contribution in [0.1, 0.15) is 37.2 Å². The van der Waals surface area contributed by atoms with E-state index in [0.717, 1.165) is 18.9 Å². The topological polar surface area (TPSA) is 91.4 Å². The first-order valence-corrected chi connectivity index (χ1v) is 6.07. The second kappa shape index (κ2) is 6.67. The van der Waals surface area contributed by atoms with Gasteiger partial charge in [0.25, 0.3) is 11.5 Å². The van der Waals surface area contributed by atoms with Gasteiger partial charge in [-0.2, -0.15) is 0 Å². The van der Waals surface area contributed by atoms with Gasteiger partial charge in [-0.1, -0.05) is 13.3 Å². The van der Waals surface area contributed by atoms with E-state index in [-0.39, 0.29) is 18.0 Å². The summed E-state index contributed by atoms with van der Waals surface area (Å²) in [4.78, 5) is 33.4. The number of nitrogens with zero attached hydrogens (tertiary/aromatic N) is 2. The fourth-order valence-electron chi connectivity index (χ4n) is 1.60. The first-order chi connectivity index (χ1) is 9.01. The SMILES string of the molecule is CCCCn1cc([N+](=O)[O-])cc1C(=O)C(=O)OCC. The molecule has 1 aromatic heterocycles. The minimum absolute atomic E-state index is 0.00130. The van der Waals surface area contributed by atoms with Crippen molar-refractivity contribution in [2.24, 2.45) is 0 Å². The molecule has 0 unspecified atom stereocenters. The first kappa shape index (κ1) is 14.9. The molecule has 19 heavy (non-hydrogen) atoms. The summed E-state index contributed by atoms with van der Waals surface area (Å²) in [5.74, 6) is -1.85. The van der Waals surface area contributed by atoms with Crippen molar-refractivity contribution in [1.29, 1.82) is 0 Å². The highest BCUT2D eigenvalue weighted by Gasteiger charge is 2.25. The van der Waals surface area contributed by atoms with Gasteiger partial charge in [0.05, 0.1) is 17.7 Å². The van der Waals surface area contributed by atoms with Crippen LogP contribution < -0.4 is 0 Å². The van der Waals surface area contributed by atoms with Crippen LogP contribution in [-0.4, -0.2) is 27.8 Å². The highest BCUT2D eigenvalue weighted by Crippen LogP contribution is 2.18. The number of nitro groups is 1. The fraction of sp³-hybridized carbons (Fsp3) is 0.500. The van der Waals surface area contributed by atoms with E-state index in [9.17, 15) is 19.7 Å². The summed E-state index contributed by atoms with van der Waals surface area (Å²) in [6.07, 6.45) is 2.90. The minimum atomic E-state index is -0.992. The van der Waals surface area contributed by atoms with Crippen LogP contribution in [0.3, 0.4) is 0 Å². The van der Waals surface area contributed by atoms with E-state index in [0.29, 0.717) is 6.54 Å². The Morgan fingerprint density at radius 2 is 2.11 bits per heavy atom. The quantitative estimate of drug-likeness (QED) is 0.248. The maximum Gasteiger partial charge on any atom is 0.381 e. The number of carbonyl (C=O) groups excluding carboxylic acids is 2. The Morgan fingerprint density at radius 1 is 1.42 bits per heavy atom. The molecule has 104 valence electrons. The van der Waals surface area contributed by atoms with Gasteiger partial charge in [0.1, 0.15) is 5.69 Å². The Kier molecular flexibility index (Phi) is 5.23. The number of aryl methyl sites for hydroxylation is 1. The van der Waals surface area contributed by atoms with Gasteiger partial charge in [-0.05, 0) is 13.3 Å². The summed E-state index contributed by atoms with van der Waals surface area (Å²) in [7, 11) is 0. The van der Waals surface area contributed by atoms with Crippen LogP contribution in [0.5, 0.6) is 0 Å². The zero-order valence-electron chi connectivity index (χ0n) is 10.9. The highest BCUT2D eigenvalue weighted by atomic mass is 16.6. The molecule has 0 aliphatic heterocycles. The Bertz CT molecular complexity index is 492. The number of ether oxygens (including phenoxy) is 1. The third-order valence-electron chi connectivity index (χ3n) is 2.54. The van der Waals surface area contributed by atoms with Crippen LogP contribution in [0.15, 0.2) is 12.3 Å². The molecule has 0 amide bonds. The maximum atomic E-state index is 11.8. The number of hydrogen-bond donors (Lipinski definition) is 0. The van der Waals surface area contributed by atoms with Crippen molar-refractivity contribution >= 4 is 17.4 Å². The smallest absolute Gasteiger partial charge is 0.381 e. The average Bonchev–Trinajstić information content (AvgIpc) is 2.79. The summed E-state index contributed by atoms with van der Waals surface area (Å²) in [6, 6.07) is 1.11. The average molecular weight is 268 g/mol. The van der Waals surface area contributed by atoms with Crippen molar-refractivity contribution in [3.8, 4) is 0 Å². The molecule has 0 saturated heterocycles. The maximum absolute atomic E-state index is 11.8. The lowest BCUT2D eigenvalue weighted by atomic mass is 10.2. The van der Waals surface area contributed by atoms with E-state index < -0.39 is 16.7 Å². The lowest BCUT2D eigenvalue weighted by molar-refractivity contribution is -0.384. The van der Waals surface area contributed by atoms with Crippen LogP contribution >= 0.6 is 0 Å². The number of unbranched alkanes of at least 4 members (excludes halogenated alkanes) is 1. The largest absolute Gasteiger partial charge is 0.460 e. The van der Waals surface area contributed by atoms with Crippen molar-refractivity contribution in [3.05, 3.63) is 28.1 Å². The van der Waals surface area contributed by atoms with Gasteiger partial charge in [-0.25, -0.2) is 4.79 Å². The summed E-state index contributed by atoms with van der Waals surface area (Å²) >= 11 is 0. The summed E-state index contributed by atoms with van der Waals surface area (Å²) in [5.41, 5.74) is -0.206. The van der Waals surface area contributed by atoms with Gasteiger partial charge in [-0.15, -0.1) is 0 Å². The number of carbonyl (C=O) groups is 2. The Hall–Kier alpha value is -2.18. The number of aromatic nitrogens is 1. The third-order valence-corrected chi connectivity index (χ3v) is 2.54. The van der Waals surface area contributed by atoms with Crippen molar-refractivity contribution in [3.63, 3.8) is 0 Å². The molecule has 0 bridgehead atoms. The van der Waals surface area contributed by atoms with Gasteiger partial charge in [0.15, 0.2) is 0 Å². The molecule has 0 N–H and O–H groups in total. The second-order valence-corrected chi connectivity index (χ2v) is 3.94. The van der Waals surface area contributed by atoms with E-state index in [1.807, 2.05) is 6.92 Å². The van der Waals surface area contributed by atoms with E-state index in [2.05, 4.69) is 4.74 Å². The third kappa shape index (κ3) is 3.64. The predicted octanol–water partition coefficient (Wildman–Crippen LogP) is 1.94. The van der Waals surface area contributed by atoms with Crippen molar-refractivity contribution in [2.75, 3.05) is 6.61 Å². The standard InChI is InChI=1S/C12H16N2O5/c1-3-5-6-13-8-9(14(17)18)7-10(13)11(15)12(16)19-4-2/h7-8H,3-6H2,1-2H3. The molecule has 0 aliphatic carbocycles. The normalized spacial score (nSPS) is 10.2. The zero-order valence-corrected chi connectivity index (χ0v) is 10.9. The lowest BCUT2D eigenvalue weighted by Crippen LogP contribution is -2.20. The van der Waals surface area contributed by atoms with Gasteiger partial charge >= 0.3 is 5.97 Å². The molecular formula is C12H16N2O5.